The van der Waals surface area contributed by atoms with Crippen LogP contribution in [0.2, 0.25) is 0 Å². The quantitative estimate of drug-likeness (QED) is 0.903. The Morgan fingerprint density at radius 1 is 1.25 bits per heavy atom. The number of anilines is 1. The van der Waals surface area contributed by atoms with Gasteiger partial charge in [0.1, 0.15) is 5.69 Å². The Labute approximate surface area is 118 Å². The molecular formula is C15H18N4O. The van der Waals surface area contributed by atoms with Crippen molar-refractivity contribution >= 4 is 11.6 Å². The molecule has 1 saturated heterocycles. The van der Waals surface area contributed by atoms with Gasteiger partial charge in [-0.2, -0.15) is 0 Å². The van der Waals surface area contributed by atoms with Gasteiger partial charge in [-0.15, -0.1) is 0 Å². The van der Waals surface area contributed by atoms with Gasteiger partial charge < -0.3 is 14.8 Å². The zero-order valence-electron chi connectivity index (χ0n) is 11.5. The molecule has 1 N–H and O–H groups in total. The molecule has 2 heterocycles. The van der Waals surface area contributed by atoms with Gasteiger partial charge in [-0.1, -0.05) is 12.1 Å². The summed E-state index contributed by atoms with van der Waals surface area (Å²) in [6, 6.07) is 8.49. The molecule has 20 heavy (non-hydrogen) atoms. The molecule has 0 unspecified atom stereocenters. The van der Waals surface area contributed by atoms with Crippen molar-refractivity contribution in [2.24, 2.45) is 0 Å². The molecule has 1 aromatic heterocycles. The Morgan fingerprint density at radius 3 is 2.70 bits per heavy atom. The van der Waals surface area contributed by atoms with Gasteiger partial charge in [-0.05, 0) is 24.6 Å². The molecule has 1 aliphatic heterocycles. The van der Waals surface area contributed by atoms with Crippen molar-refractivity contribution in [3.05, 3.63) is 48.0 Å². The first-order valence-electron chi connectivity index (χ1n) is 6.83. The maximum atomic E-state index is 12.2. The lowest BCUT2D eigenvalue weighted by atomic mass is 10.2. The van der Waals surface area contributed by atoms with E-state index in [1.165, 1.54) is 17.6 Å². The lowest BCUT2D eigenvalue weighted by Crippen LogP contribution is -2.48. The second-order valence-electron chi connectivity index (χ2n) is 5.08. The first-order valence-corrected chi connectivity index (χ1v) is 6.83. The second-order valence-corrected chi connectivity index (χ2v) is 5.08. The van der Waals surface area contributed by atoms with Crippen molar-refractivity contribution in [1.29, 1.82) is 0 Å². The summed E-state index contributed by atoms with van der Waals surface area (Å²) in [7, 11) is 0. The number of aromatic nitrogens is 2. The number of benzene rings is 1. The maximum Gasteiger partial charge on any atom is 0.272 e. The number of carbonyl (C=O) groups is 1. The largest absolute Gasteiger partial charge is 0.368 e. The molecule has 0 atom stereocenters. The van der Waals surface area contributed by atoms with E-state index < -0.39 is 0 Å². The SMILES string of the molecule is Cc1cccc(N2CCN(C(=O)c3cnc[nH]3)CC2)c1. The summed E-state index contributed by atoms with van der Waals surface area (Å²) < 4.78 is 0. The van der Waals surface area contributed by atoms with Crippen LogP contribution in [0, 0.1) is 6.92 Å². The number of H-pyrrole nitrogens is 1. The number of hydrogen-bond acceptors (Lipinski definition) is 3. The zero-order valence-corrected chi connectivity index (χ0v) is 11.5. The number of aromatic amines is 1. The van der Waals surface area contributed by atoms with Gasteiger partial charge in [0.15, 0.2) is 0 Å². The topological polar surface area (TPSA) is 52.2 Å². The standard InChI is InChI=1S/C15H18N4O/c1-12-3-2-4-13(9-12)18-5-7-19(8-6-18)15(20)14-10-16-11-17-14/h2-4,9-11H,5-8H2,1H3,(H,16,17). The number of amides is 1. The highest BCUT2D eigenvalue weighted by Crippen LogP contribution is 2.18. The van der Waals surface area contributed by atoms with Crippen molar-refractivity contribution in [3.8, 4) is 0 Å². The molecule has 5 nitrogen and oxygen atoms in total. The fraction of sp³-hybridized carbons (Fsp3) is 0.333. The van der Waals surface area contributed by atoms with Gasteiger partial charge in [-0.3, -0.25) is 4.79 Å². The molecule has 1 aliphatic rings. The van der Waals surface area contributed by atoms with Crippen molar-refractivity contribution in [1.82, 2.24) is 14.9 Å². The van der Waals surface area contributed by atoms with Gasteiger partial charge in [0.05, 0.1) is 12.5 Å². The van der Waals surface area contributed by atoms with Crippen molar-refractivity contribution in [3.63, 3.8) is 0 Å². The molecule has 1 aromatic carbocycles. The molecule has 2 aromatic rings. The molecule has 1 fully saturated rings. The van der Waals surface area contributed by atoms with Crippen LogP contribution in [0.15, 0.2) is 36.8 Å². The fourth-order valence-corrected chi connectivity index (χ4v) is 2.54. The molecule has 1 amide bonds. The Morgan fingerprint density at radius 2 is 2.05 bits per heavy atom. The number of nitrogens with zero attached hydrogens (tertiary/aromatic N) is 3. The summed E-state index contributed by atoms with van der Waals surface area (Å²) >= 11 is 0. The van der Waals surface area contributed by atoms with E-state index in [2.05, 4.69) is 46.1 Å². The number of nitrogens with one attached hydrogen (secondary N) is 1. The average Bonchev–Trinajstić information content (AvgIpc) is 3.01. The van der Waals surface area contributed by atoms with Gasteiger partial charge in [0.2, 0.25) is 0 Å². The van der Waals surface area contributed by atoms with Crippen LogP contribution in [0.1, 0.15) is 16.1 Å². The van der Waals surface area contributed by atoms with E-state index in [1.807, 2.05) is 4.90 Å². The Bertz CT molecular complexity index is 586. The summed E-state index contributed by atoms with van der Waals surface area (Å²) in [5.74, 6) is 0.0337. The summed E-state index contributed by atoms with van der Waals surface area (Å²) in [5, 5.41) is 0. The minimum absolute atomic E-state index is 0.0337. The van der Waals surface area contributed by atoms with Crippen LogP contribution in [-0.2, 0) is 0 Å². The number of piperazine rings is 1. The first-order chi connectivity index (χ1) is 9.74. The number of hydrogen-bond donors (Lipinski definition) is 1. The van der Waals surface area contributed by atoms with E-state index in [4.69, 9.17) is 0 Å². The van der Waals surface area contributed by atoms with Crippen molar-refractivity contribution in [2.75, 3.05) is 31.1 Å². The second kappa shape index (κ2) is 5.36. The zero-order chi connectivity index (χ0) is 13.9. The Hall–Kier alpha value is -2.30. The molecule has 0 aliphatic carbocycles. The molecular weight excluding hydrogens is 252 g/mol. The molecule has 0 spiro atoms. The summed E-state index contributed by atoms with van der Waals surface area (Å²) in [5.41, 5.74) is 3.06. The van der Waals surface area contributed by atoms with Gasteiger partial charge in [0, 0.05) is 31.9 Å². The predicted molar refractivity (Wildman–Crippen MR) is 77.9 cm³/mol. The third-order valence-electron chi connectivity index (χ3n) is 3.66. The molecule has 3 rings (SSSR count). The van der Waals surface area contributed by atoms with Crippen LogP contribution in [0.25, 0.3) is 0 Å². The lowest BCUT2D eigenvalue weighted by molar-refractivity contribution is 0.0741. The smallest absolute Gasteiger partial charge is 0.272 e. The van der Waals surface area contributed by atoms with Crippen molar-refractivity contribution < 1.29 is 4.79 Å². The van der Waals surface area contributed by atoms with Gasteiger partial charge in [0.25, 0.3) is 5.91 Å². The van der Waals surface area contributed by atoms with Gasteiger partial charge >= 0.3 is 0 Å². The lowest BCUT2D eigenvalue weighted by Gasteiger charge is -2.36. The number of imidazole rings is 1. The molecule has 0 radical (unpaired) electrons. The van der Waals surface area contributed by atoms with E-state index in [0.717, 1.165) is 26.2 Å². The van der Waals surface area contributed by atoms with E-state index in [1.54, 1.807) is 6.20 Å². The fourth-order valence-electron chi connectivity index (χ4n) is 2.54. The Balaban J connectivity index is 1.64. The van der Waals surface area contributed by atoms with Gasteiger partial charge in [-0.25, -0.2) is 4.98 Å². The first kappa shape index (κ1) is 12.7. The highest BCUT2D eigenvalue weighted by atomic mass is 16.2. The molecule has 104 valence electrons. The van der Waals surface area contributed by atoms with E-state index in [0.29, 0.717) is 5.69 Å². The minimum atomic E-state index is 0.0337. The normalized spacial score (nSPS) is 15.4. The highest BCUT2D eigenvalue weighted by Gasteiger charge is 2.22. The molecule has 5 heteroatoms. The maximum absolute atomic E-state index is 12.2. The Kier molecular flexibility index (Phi) is 3.41. The predicted octanol–water partition coefficient (Wildman–Crippen LogP) is 1.68. The highest BCUT2D eigenvalue weighted by molar-refractivity contribution is 5.92. The van der Waals surface area contributed by atoms with E-state index >= 15 is 0 Å². The monoisotopic (exact) mass is 270 g/mol. The van der Waals surface area contributed by atoms with Crippen molar-refractivity contribution in [2.45, 2.75) is 6.92 Å². The third-order valence-corrected chi connectivity index (χ3v) is 3.66. The summed E-state index contributed by atoms with van der Waals surface area (Å²) in [6.07, 6.45) is 3.12. The van der Waals surface area contributed by atoms with Crippen LogP contribution >= 0.6 is 0 Å². The number of rotatable bonds is 2. The third kappa shape index (κ3) is 2.52. The summed E-state index contributed by atoms with van der Waals surface area (Å²) in [6.45, 7) is 5.31. The van der Waals surface area contributed by atoms with Crippen LogP contribution in [-0.4, -0.2) is 47.0 Å². The van der Waals surface area contributed by atoms with Crippen LogP contribution in [0.5, 0.6) is 0 Å². The van der Waals surface area contributed by atoms with Crippen LogP contribution < -0.4 is 4.90 Å². The average molecular weight is 270 g/mol. The van der Waals surface area contributed by atoms with Crippen LogP contribution in [0.3, 0.4) is 0 Å². The minimum Gasteiger partial charge on any atom is -0.368 e. The summed E-state index contributed by atoms with van der Waals surface area (Å²) in [4.78, 5) is 23.2. The van der Waals surface area contributed by atoms with E-state index in [-0.39, 0.29) is 5.91 Å². The van der Waals surface area contributed by atoms with E-state index in [9.17, 15) is 4.79 Å². The molecule has 0 bridgehead atoms. The van der Waals surface area contributed by atoms with Crippen LogP contribution in [0.4, 0.5) is 5.69 Å². The number of aryl methyl sites for hydroxylation is 1. The molecule has 0 saturated carbocycles. The number of carbonyl (C=O) groups excluding carboxylic acids is 1.